The van der Waals surface area contributed by atoms with Crippen LogP contribution in [-0.2, 0) is 6.54 Å². The molecular formula is C9H15N4O2+. The van der Waals surface area contributed by atoms with Crippen LogP contribution in [0.2, 0.25) is 0 Å². The van der Waals surface area contributed by atoms with Gasteiger partial charge in [-0.3, -0.25) is 0 Å². The largest absolute Gasteiger partial charge is 0.442 e. The number of aromatic nitrogens is 3. The molecule has 1 aromatic heterocycles. The fourth-order valence-corrected chi connectivity index (χ4v) is 1.37. The van der Waals surface area contributed by atoms with Gasteiger partial charge >= 0.3 is 18.0 Å². The summed E-state index contributed by atoms with van der Waals surface area (Å²) in [5.74, 6) is 0.603. The van der Waals surface area contributed by atoms with E-state index in [1.54, 1.807) is 0 Å². The molecule has 1 aliphatic rings. The van der Waals surface area contributed by atoms with Crippen molar-refractivity contribution in [2.75, 3.05) is 32.2 Å². The van der Waals surface area contributed by atoms with Gasteiger partial charge in [0.25, 0.3) is 0 Å². The van der Waals surface area contributed by atoms with E-state index in [9.17, 15) is 0 Å². The number of fused-ring (bicyclic) bond motifs is 1. The molecule has 0 aromatic carbocycles. The van der Waals surface area contributed by atoms with E-state index >= 15 is 0 Å². The average Bonchev–Trinajstić information content (AvgIpc) is 2.65. The van der Waals surface area contributed by atoms with Crippen molar-refractivity contribution < 1.29 is 14.0 Å². The van der Waals surface area contributed by atoms with Crippen molar-refractivity contribution in [3.05, 3.63) is 0 Å². The lowest BCUT2D eigenvalue weighted by Gasteiger charge is -2.06. The summed E-state index contributed by atoms with van der Waals surface area (Å²) in [5, 5.41) is 0. The molecule has 6 nitrogen and oxygen atoms in total. The molecule has 0 N–H and O–H groups in total. The molecule has 0 aliphatic carbocycles. The van der Waals surface area contributed by atoms with Crippen molar-refractivity contribution in [2.24, 2.45) is 0 Å². The van der Waals surface area contributed by atoms with E-state index in [-0.39, 0.29) is 0 Å². The Hall–Kier alpha value is -1.59. The maximum atomic E-state index is 5.44. The monoisotopic (exact) mass is 211 g/mol. The van der Waals surface area contributed by atoms with E-state index in [2.05, 4.69) is 9.97 Å². The standard InChI is InChI=1S/C9H15N4O2/c1-4-14-8-10-7(12(2)3)11-9-13(8)5-6-15-9/h4-6H2,1-3H3/q+1. The lowest BCUT2D eigenvalue weighted by molar-refractivity contribution is -0.690. The number of hydrogen-bond donors (Lipinski definition) is 0. The summed E-state index contributed by atoms with van der Waals surface area (Å²) < 4.78 is 12.7. The normalized spacial score (nSPS) is 13.3. The van der Waals surface area contributed by atoms with E-state index in [1.807, 2.05) is 30.5 Å². The first-order valence-corrected chi connectivity index (χ1v) is 4.97. The minimum absolute atomic E-state index is 0.573. The summed E-state index contributed by atoms with van der Waals surface area (Å²) in [7, 11) is 3.77. The molecule has 15 heavy (non-hydrogen) atoms. The molecule has 0 bridgehead atoms. The second kappa shape index (κ2) is 3.88. The topological polar surface area (TPSA) is 51.4 Å². The van der Waals surface area contributed by atoms with Gasteiger partial charge in [0, 0.05) is 14.1 Å². The fraction of sp³-hybridized carbons (Fsp3) is 0.667. The Kier molecular flexibility index (Phi) is 2.57. The lowest BCUT2D eigenvalue weighted by Crippen LogP contribution is -2.35. The van der Waals surface area contributed by atoms with Crippen LogP contribution in [-0.4, -0.2) is 37.3 Å². The Morgan fingerprint density at radius 3 is 2.93 bits per heavy atom. The second-order valence-electron chi connectivity index (χ2n) is 3.42. The highest BCUT2D eigenvalue weighted by atomic mass is 16.5. The Morgan fingerprint density at radius 2 is 2.27 bits per heavy atom. The van der Waals surface area contributed by atoms with Crippen LogP contribution in [0.25, 0.3) is 0 Å². The Balaban J connectivity index is 2.43. The third-order valence-corrected chi connectivity index (χ3v) is 2.07. The van der Waals surface area contributed by atoms with Crippen molar-refractivity contribution in [3.63, 3.8) is 0 Å². The van der Waals surface area contributed by atoms with E-state index in [4.69, 9.17) is 9.47 Å². The molecule has 0 amide bonds. The van der Waals surface area contributed by atoms with E-state index < -0.39 is 0 Å². The molecule has 0 atom stereocenters. The molecule has 2 heterocycles. The van der Waals surface area contributed by atoms with Gasteiger partial charge < -0.3 is 14.4 Å². The smallest absolute Gasteiger partial charge is 0.441 e. The van der Waals surface area contributed by atoms with Crippen molar-refractivity contribution in [1.82, 2.24) is 9.97 Å². The Bertz CT molecular complexity index is 367. The van der Waals surface area contributed by atoms with Gasteiger partial charge in [-0.1, -0.05) is 0 Å². The average molecular weight is 211 g/mol. The van der Waals surface area contributed by atoms with Gasteiger partial charge in [0.1, 0.15) is 13.2 Å². The van der Waals surface area contributed by atoms with Crippen molar-refractivity contribution in [1.29, 1.82) is 0 Å². The number of ether oxygens (including phenoxy) is 2. The van der Waals surface area contributed by atoms with Crippen LogP contribution in [0.5, 0.6) is 12.0 Å². The van der Waals surface area contributed by atoms with E-state index in [1.165, 1.54) is 0 Å². The quantitative estimate of drug-likeness (QED) is 0.638. The molecule has 82 valence electrons. The highest BCUT2D eigenvalue weighted by molar-refractivity contribution is 5.27. The number of nitrogens with zero attached hydrogens (tertiary/aromatic N) is 4. The summed E-state index contributed by atoms with van der Waals surface area (Å²) in [6.07, 6.45) is 0. The van der Waals surface area contributed by atoms with Crippen molar-refractivity contribution in [2.45, 2.75) is 13.5 Å². The first-order chi connectivity index (χ1) is 7.22. The molecule has 0 spiro atoms. The molecule has 0 saturated heterocycles. The number of hydrogen-bond acceptors (Lipinski definition) is 5. The third-order valence-electron chi connectivity index (χ3n) is 2.07. The van der Waals surface area contributed by atoms with Crippen LogP contribution in [0.4, 0.5) is 5.95 Å². The molecule has 1 aromatic rings. The summed E-state index contributed by atoms with van der Waals surface area (Å²) in [4.78, 5) is 10.4. The molecule has 0 radical (unpaired) electrons. The molecule has 0 unspecified atom stereocenters. The molecular weight excluding hydrogens is 196 g/mol. The fourth-order valence-electron chi connectivity index (χ4n) is 1.37. The van der Waals surface area contributed by atoms with Gasteiger partial charge in [-0.25, -0.2) is 0 Å². The summed E-state index contributed by atoms with van der Waals surface area (Å²) >= 11 is 0. The Morgan fingerprint density at radius 1 is 1.47 bits per heavy atom. The lowest BCUT2D eigenvalue weighted by atomic mass is 10.7. The van der Waals surface area contributed by atoms with E-state index in [0.29, 0.717) is 31.2 Å². The van der Waals surface area contributed by atoms with Gasteiger partial charge in [0.05, 0.1) is 6.61 Å². The summed E-state index contributed by atoms with van der Waals surface area (Å²) in [6.45, 7) is 3.90. The number of rotatable bonds is 3. The van der Waals surface area contributed by atoms with Gasteiger partial charge in [-0.05, 0) is 16.9 Å². The highest BCUT2D eigenvalue weighted by Crippen LogP contribution is 2.15. The summed E-state index contributed by atoms with van der Waals surface area (Å²) in [6, 6.07) is 1.15. The van der Waals surface area contributed by atoms with Gasteiger partial charge in [-0.2, -0.15) is 4.57 Å². The van der Waals surface area contributed by atoms with E-state index in [0.717, 1.165) is 6.54 Å². The minimum Gasteiger partial charge on any atom is -0.441 e. The van der Waals surface area contributed by atoms with Crippen molar-refractivity contribution in [3.8, 4) is 12.0 Å². The Labute approximate surface area is 88.5 Å². The molecule has 0 fully saturated rings. The van der Waals surface area contributed by atoms with Crippen LogP contribution >= 0.6 is 0 Å². The van der Waals surface area contributed by atoms with Crippen LogP contribution in [0.1, 0.15) is 6.92 Å². The first kappa shape index (κ1) is 9.95. The predicted octanol–water partition coefficient (Wildman–Crippen LogP) is -0.379. The molecule has 6 heteroatoms. The van der Waals surface area contributed by atoms with Gasteiger partial charge in [0.2, 0.25) is 0 Å². The maximum absolute atomic E-state index is 5.44. The minimum atomic E-state index is 0.573. The zero-order valence-electron chi connectivity index (χ0n) is 9.23. The van der Waals surface area contributed by atoms with Gasteiger partial charge in [0.15, 0.2) is 0 Å². The van der Waals surface area contributed by atoms with Crippen molar-refractivity contribution >= 4 is 5.95 Å². The zero-order valence-corrected chi connectivity index (χ0v) is 9.23. The highest BCUT2D eigenvalue weighted by Gasteiger charge is 2.29. The zero-order chi connectivity index (χ0) is 10.8. The SMILES string of the molecule is CCOc1nc(N(C)C)nc2[n+]1CCO2. The number of anilines is 1. The second-order valence-corrected chi connectivity index (χ2v) is 3.42. The van der Waals surface area contributed by atoms with Crippen LogP contribution in [0.3, 0.4) is 0 Å². The molecule has 1 aliphatic heterocycles. The van der Waals surface area contributed by atoms with Crippen LogP contribution < -0.4 is 18.9 Å². The van der Waals surface area contributed by atoms with Crippen LogP contribution in [0.15, 0.2) is 0 Å². The van der Waals surface area contributed by atoms with Crippen LogP contribution in [0, 0.1) is 0 Å². The third kappa shape index (κ3) is 1.79. The predicted molar refractivity (Wildman–Crippen MR) is 53.2 cm³/mol. The van der Waals surface area contributed by atoms with Gasteiger partial charge in [-0.15, -0.1) is 0 Å². The maximum Gasteiger partial charge on any atom is 0.442 e. The molecule has 2 rings (SSSR count). The molecule has 0 saturated carbocycles. The first-order valence-electron chi connectivity index (χ1n) is 4.97. The summed E-state index contributed by atoms with van der Waals surface area (Å²) in [5.41, 5.74) is 0.